The summed E-state index contributed by atoms with van der Waals surface area (Å²) in [6.45, 7) is 7.04. The lowest BCUT2D eigenvalue weighted by atomic mass is 9.60. The third-order valence-electron chi connectivity index (χ3n) is 10.6. The predicted octanol–water partition coefficient (Wildman–Crippen LogP) is 5.19. The number of anilines is 1. The Hall–Kier alpha value is -3.22. The highest BCUT2D eigenvalue weighted by Gasteiger charge is 2.49. The van der Waals surface area contributed by atoms with Crippen LogP contribution in [0.4, 0.5) is 10.1 Å². The molecule has 0 unspecified atom stereocenters. The number of nitriles is 1. The van der Waals surface area contributed by atoms with E-state index >= 15 is 0 Å². The third kappa shape index (κ3) is 5.79. The van der Waals surface area contributed by atoms with E-state index in [4.69, 9.17) is 0 Å². The molecule has 234 valence electrons. The van der Waals surface area contributed by atoms with Gasteiger partial charge in [-0.15, -0.1) is 0 Å². The SMILES string of the molecule is C/C=C/C(=O)N1CC(S(=O)(=O)c2ccc(N3CC(CN4CCC([C@@](C#N)(c5cccc(F)c5)C5CCCC5)CC4)C3)cc2)C1. The summed E-state index contributed by atoms with van der Waals surface area (Å²) in [7, 11) is -3.47. The molecular weight excluding hydrogens is 575 g/mol. The zero-order chi connectivity index (χ0) is 30.9. The number of piperidine rings is 1. The van der Waals surface area contributed by atoms with Gasteiger partial charge in [-0.1, -0.05) is 31.1 Å². The number of carbonyl (C=O) groups excluding carboxylic acids is 1. The summed E-state index contributed by atoms with van der Waals surface area (Å²) in [5.74, 6) is 0.673. The molecule has 3 saturated heterocycles. The van der Waals surface area contributed by atoms with Crippen molar-refractivity contribution in [2.45, 2.75) is 61.0 Å². The summed E-state index contributed by atoms with van der Waals surface area (Å²) < 4.78 is 40.4. The molecule has 44 heavy (non-hydrogen) atoms. The molecule has 2 aromatic rings. The van der Waals surface area contributed by atoms with E-state index in [0.29, 0.717) is 16.7 Å². The highest BCUT2D eigenvalue weighted by atomic mass is 32.2. The van der Waals surface area contributed by atoms with Crippen molar-refractivity contribution in [3.05, 3.63) is 72.1 Å². The average molecular weight is 619 g/mol. The third-order valence-corrected chi connectivity index (χ3v) is 12.7. The molecule has 3 aliphatic heterocycles. The van der Waals surface area contributed by atoms with Crippen molar-refractivity contribution in [3.8, 4) is 6.07 Å². The Morgan fingerprint density at radius 1 is 1.00 bits per heavy atom. The van der Waals surface area contributed by atoms with Gasteiger partial charge in [0.05, 0.1) is 16.4 Å². The number of likely N-dealkylation sites (tertiary alicyclic amines) is 2. The molecule has 4 fully saturated rings. The fraction of sp³-hybridized carbons (Fsp3) is 0.543. The molecule has 0 spiro atoms. The van der Waals surface area contributed by atoms with Crippen LogP contribution in [-0.4, -0.2) is 75.2 Å². The number of halogens is 1. The van der Waals surface area contributed by atoms with Gasteiger partial charge < -0.3 is 14.7 Å². The minimum Gasteiger partial charge on any atom is -0.371 e. The Morgan fingerprint density at radius 3 is 2.27 bits per heavy atom. The van der Waals surface area contributed by atoms with Crippen molar-refractivity contribution in [1.29, 1.82) is 5.26 Å². The minimum absolute atomic E-state index is 0.144. The molecule has 0 aromatic heterocycles. The number of sulfone groups is 1. The first-order valence-electron chi connectivity index (χ1n) is 16.1. The van der Waals surface area contributed by atoms with Gasteiger partial charge in [-0.25, -0.2) is 12.8 Å². The normalized spacial score (nSPS) is 22.5. The van der Waals surface area contributed by atoms with Crippen molar-refractivity contribution in [3.63, 3.8) is 0 Å². The molecule has 1 amide bonds. The second kappa shape index (κ2) is 12.6. The maximum absolute atomic E-state index is 14.3. The Balaban J connectivity index is 1.00. The largest absolute Gasteiger partial charge is 0.371 e. The van der Waals surface area contributed by atoms with Crippen molar-refractivity contribution in [1.82, 2.24) is 9.80 Å². The molecular formula is C35H43FN4O3S. The molecule has 0 radical (unpaired) electrons. The van der Waals surface area contributed by atoms with Crippen LogP contribution in [-0.2, 0) is 20.0 Å². The molecule has 0 N–H and O–H groups in total. The number of carbonyl (C=O) groups is 1. The van der Waals surface area contributed by atoms with E-state index in [1.165, 1.54) is 12.1 Å². The van der Waals surface area contributed by atoms with Crippen molar-refractivity contribution >= 4 is 21.4 Å². The molecule has 2 aromatic carbocycles. The van der Waals surface area contributed by atoms with E-state index in [0.717, 1.165) is 82.5 Å². The Morgan fingerprint density at radius 2 is 1.66 bits per heavy atom. The van der Waals surface area contributed by atoms with Gasteiger partial charge in [0, 0.05) is 44.3 Å². The number of rotatable bonds is 9. The molecule has 1 atom stereocenters. The van der Waals surface area contributed by atoms with Gasteiger partial charge in [0.15, 0.2) is 9.84 Å². The smallest absolute Gasteiger partial charge is 0.246 e. The maximum atomic E-state index is 14.3. The number of amides is 1. The van der Waals surface area contributed by atoms with Crippen LogP contribution in [0.5, 0.6) is 0 Å². The van der Waals surface area contributed by atoms with Crippen LogP contribution in [0.1, 0.15) is 51.0 Å². The molecule has 1 saturated carbocycles. The van der Waals surface area contributed by atoms with Crippen LogP contribution < -0.4 is 4.90 Å². The van der Waals surface area contributed by atoms with Gasteiger partial charge >= 0.3 is 0 Å². The minimum atomic E-state index is -3.47. The van der Waals surface area contributed by atoms with Crippen LogP contribution in [0.2, 0.25) is 0 Å². The summed E-state index contributed by atoms with van der Waals surface area (Å²) in [5.41, 5.74) is 1.29. The summed E-state index contributed by atoms with van der Waals surface area (Å²) in [4.78, 5) is 18.6. The highest BCUT2D eigenvalue weighted by Crippen LogP contribution is 2.50. The van der Waals surface area contributed by atoms with Gasteiger partial charge in [-0.2, -0.15) is 5.26 Å². The first-order valence-corrected chi connectivity index (χ1v) is 17.7. The highest BCUT2D eigenvalue weighted by molar-refractivity contribution is 7.92. The molecule has 9 heteroatoms. The lowest BCUT2D eigenvalue weighted by Crippen LogP contribution is -2.56. The first-order chi connectivity index (χ1) is 21.2. The predicted molar refractivity (Wildman–Crippen MR) is 169 cm³/mol. The quantitative estimate of drug-likeness (QED) is 0.360. The van der Waals surface area contributed by atoms with Gasteiger partial charge in [0.1, 0.15) is 11.1 Å². The van der Waals surface area contributed by atoms with Crippen molar-refractivity contribution in [2.75, 3.05) is 50.7 Å². The number of benzene rings is 2. The Bertz CT molecular complexity index is 1510. The van der Waals surface area contributed by atoms with Crippen molar-refractivity contribution < 1.29 is 17.6 Å². The summed E-state index contributed by atoms with van der Waals surface area (Å²) in [6, 6.07) is 16.8. The van der Waals surface area contributed by atoms with E-state index in [1.54, 1.807) is 42.2 Å². The van der Waals surface area contributed by atoms with E-state index in [1.807, 2.05) is 18.2 Å². The number of nitrogens with zero attached hydrogens (tertiary/aromatic N) is 4. The molecule has 3 heterocycles. The fourth-order valence-corrected chi connectivity index (χ4v) is 9.77. The summed E-state index contributed by atoms with van der Waals surface area (Å²) in [6.07, 6.45) is 9.43. The lowest BCUT2D eigenvalue weighted by molar-refractivity contribution is -0.129. The number of allylic oxidation sites excluding steroid dienone is 1. The topological polar surface area (TPSA) is 84.7 Å². The van der Waals surface area contributed by atoms with E-state index in [2.05, 4.69) is 15.9 Å². The fourth-order valence-electron chi connectivity index (χ4n) is 8.11. The van der Waals surface area contributed by atoms with E-state index in [-0.39, 0.29) is 30.7 Å². The summed E-state index contributed by atoms with van der Waals surface area (Å²) in [5, 5.41) is 10.1. The van der Waals surface area contributed by atoms with Crippen LogP contribution in [0.15, 0.2) is 65.6 Å². The zero-order valence-corrected chi connectivity index (χ0v) is 26.4. The van der Waals surface area contributed by atoms with Gasteiger partial charge in [0.25, 0.3) is 0 Å². The molecule has 4 aliphatic rings. The number of hydrogen-bond donors (Lipinski definition) is 0. The van der Waals surface area contributed by atoms with Gasteiger partial charge in [-0.3, -0.25) is 4.79 Å². The number of hydrogen-bond acceptors (Lipinski definition) is 6. The van der Waals surface area contributed by atoms with E-state index < -0.39 is 20.5 Å². The first kappa shape index (κ1) is 30.8. The molecule has 6 rings (SSSR count). The van der Waals surface area contributed by atoms with Crippen LogP contribution in [0.3, 0.4) is 0 Å². The average Bonchev–Trinajstić information content (AvgIpc) is 3.51. The standard InChI is InChI=1S/C35H43FN4O3S/c1-2-6-34(41)40-23-33(24-40)44(42,43)32-13-11-31(12-14-32)39-21-26(22-39)20-38-17-15-28(16-18-38)35(25-37,27-7-3-4-8-27)29-9-5-10-30(36)19-29/h2,5-6,9-14,19,26-28,33H,3-4,7-8,15-18,20-24H2,1H3/b6-2+/t35-/m0/s1. The maximum Gasteiger partial charge on any atom is 0.246 e. The zero-order valence-electron chi connectivity index (χ0n) is 25.6. The second-order valence-corrected chi connectivity index (χ2v) is 15.5. The van der Waals surface area contributed by atoms with Crippen LogP contribution in [0.25, 0.3) is 0 Å². The van der Waals surface area contributed by atoms with Crippen molar-refractivity contribution in [2.24, 2.45) is 17.8 Å². The Kier molecular flexibility index (Phi) is 8.85. The van der Waals surface area contributed by atoms with E-state index in [9.17, 15) is 22.9 Å². The van der Waals surface area contributed by atoms with Crippen LogP contribution in [0, 0.1) is 34.9 Å². The van der Waals surface area contributed by atoms with Crippen LogP contribution >= 0.6 is 0 Å². The van der Waals surface area contributed by atoms with Gasteiger partial charge in [-0.05, 0) is 106 Å². The second-order valence-electron chi connectivity index (χ2n) is 13.2. The molecule has 7 nitrogen and oxygen atoms in total. The molecule has 0 bridgehead atoms. The molecule has 1 aliphatic carbocycles. The monoisotopic (exact) mass is 618 g/mol. The Labute approximate surface area is 261 Å². The summed E-state index contributed by atoms with van der Waals surface area (Å²) >= 11 is 0. The van der Waals surface area contributed by atoms with Gasteiger partial charge in [0.2, 0.25) is 5.91 Å². The lowest BCUT2D eigenvalue weighted by Gasteiger charge is -2.47.